The van der Waals surface area contributed by atoms with Gasteiger partial charge in [0, 0.05) is 11.5 Å². The number of halogens is 5. The van der Waals surface area contributed by atoms with Crippen molar-refractivity contribution in [3.05, 3.63) is 58.5 Å². The van der Waals surface area contributed by atoms with Gasteiger partial charge in [0.15, 0.2) is 23.3 Å². The molecule has 17 heavy (non-hydrogen) atoms. The van der Waals surface area contributed by atoms with E-state index >= 15 is 0 Å². The van der Waals surface area contributed by atoms with E-state index in [-0.39, 0.29) is 0 Å². The largest absolute Gasteiger partial charge is 0.203 e. The van der Waals surface area contributed by atoms with Crippen molar-refractivity contribution in [1.82, 2.24) is 0 Å². The van der Waals surface area contributed by atoms with Crippen LogP contribution >= 0.6 is 0 Å². The van der Waals surface area contributed by atoms with Crippen LogP contribution in [0.1, 0.15) is 18.4 Å². The minimum Gasteiger partial charge on any atom is -0.203 e. The van der Waals surface area contributed by atoms with Gasteiger partial charge in [-0.1, -0.05) is 23.8 Å². The van der Waals surface area contributed by atoms with Crippen molar-refractivity contribution < 1.29 is 22.0 Å². The second-order valence-electron chi connectivity index (χ2n) is 3.78. The lowest BCUT2D eigenvalue weighted by Gasteiger charge is -2.11. The molecule has 0 aliphatic heterocycles. The van der Waals surface area contributed by atoms with Crippen molar-refractivity contribution in [2.45, 2.75) is 12.8 Å². The second-order valence-corrected chi connectivity index (χ2v) is 3.78. The van der Waals surface area contributed by atoms with Crippen LogP contribution in [0, 0.1) is 29.1 Å². The normalized spacial score (nSPS) is 18.7. The first kappa shape index (κ1) is 11.8. The first-order valence-corrected chi connectivity index (χ1v) is 4.81. The molecular formula is C12H7F5. The molecular weight excluding hydrogens is 239 g/mol. The number of hydrogen-bond donors (Lipinski definition) is 0. The summed E-state index contributed by atoms with van der Waals surface area (Å²) in [6.07, 6.45) is 4.37. The molecule has 0 bridgehead atoms. The van der Waals surface area contributed by atoms with Crippen molar-refractivity contribution in [1.29, 1.82) is 0 Å². The zero-order valence-corrected chi connectivity index (χ0v) is 8.70. The van der Waals surface area contributed by atoms with E-state index in [2.05, 4.69) is 0 Å². The summed E-state index contributed by atoms with van der Waals surface area (Å²) in [6.45, 7) is 1.67. The van der Waals surface area contributed by atoms with Crippen LogP contribution in [0.3, 0.4) is 0 Å². The zero-order chi connectivity index (χ0) is 12.7. The van der Waals surface area contributed by atoms with E-state index in [4.69, 9.17) is 0 Å². The second kappa shape index (κ2) is 3.98. The molecule has 0 saturated carbocycles. The van der Waals surface area contributed by atoms with Crippen LogP contribution in [0.5, 0.6) is 0 Å². The standard InChI is InChI=1S/C12H7F5/c1-5-2-3-6(4-5)7-8(13)10(15)12(17)11(16)9(7)14/h2-4,6H,1H3. The lowest BCUT2D eigenvalue weighted by Crippen LogP contribution is -2.08. The predicted octanol–water partition coefficient (Wildman–Crippen LogP) is 3.98. The Hall–Kier alpha value is -1.65. The van der Waals surface area contributed by atoms with E-state index in [9.17, 15) is 22.0 Å². The topological polar surface area (TPSA) is 0 Å². The molecule has 0 amide bonds. The highest BCUT2D eigenvalue weighted by Crippen LogP contribution is 2.33. The highest BCUT2D eigenvalue weighted by Gasteiger charge is 2.29. The smallest absolute Gasteiger partial charge is 0.200 e. The van der Waals surface area contributed by atoms with E-state index in [1.165, 1.54) is 12.2 Å². The molecule has 1 aliphatic rings. The van der Waals surface area contributed by atoms with Crippen LogP contribution in [0.2, 0.25) is 0 Å². The molecule has 1 aliphatic carbocycles. The van der Waals surface area contributed by atoms with E-state index in [1.54, 1.807) is 13.0 Å². The fourth-order valence-electron chi connectivity index (χ4n) is 1.74. The van der Waals surface area contributed by atoms with Gasteiger partial charge in [-0.25, -0.2) is 22.0 Å². The van der Waals surface area contributed by atoms with Gasteiger partial charge >= 0.3 is 0 Å². The molecule has 1 aromatic rings. The minimum atomic E-state index is -2.13. The van der Waals surface area contributed by atoms with Gasteiger partial charge in [0.2, 0.25) is 5.82 Å². The molecule has 1 aromatic carbocycles. The molecule has 2 rings (SSSR count). The summed E-state index contributed by atoms with van der Waals surface area (Å²) in [5.41, 5.74) is -0.103. The highest BCUT2D eigenvalue weighted by molar-refractivity contribution is 5.41. The molecule has 0 saturated heterocycles. The Balaban J connectivity index is 2.67. The summed E-state index contributed by atoms with van der Waals surface area (Å²) in [5.74, 6) is -10.4. The first-order valence-electron chi connectivity index (χ1n) is 4.81. The molecule has 5 heteroatoms. The molecule has 1 atom stereocenters. The van der Waals surface area contributed by atoms with Crippen molar-refractivity contribution in [3.63, 3.8) is 0 Å². The van der Waals surface area contributed by atoms with E-state index < -0.39 is 40.6 Å². The van der Waals surface area contributed by atoms with Gasteiger partial charge in [-0.3, -0.25) is 0 Å². The summed E-state index contributed by atoms with van der Waals surface area (Å²) in [7, 11) is 0. The van der Waals surface area contributed by atoms with Crippen LogP contribution in [0.4, 0.5) is 22.0 Å². The Labute approximate surface area is 94.1 Å². The van der Waals surface area contributed by atoms with Gasteiger partial charge < -0.3 is 0 Å². The van der Waals surface area contributed by atoms with Gasteiger partial charge in [0.1, 0.15) is 0 Å². The van der Waals surface area contributed by atoms with Crippen LogP contribution < -0.4 is 0 Å². The first-order chi connectivity index (χ1) is 7.93. The Bertz CT molecular complexity index is 513. The molecule has 0 heterocycles. The van der Waals surface area contributed by atoms with Gasteiger partial charge in [0.25, 0.3) is 0 Å². The minimum absolute atomic E-state index is 0.707. The van der Waals surface area contributed by atoms with Gasteiger partial charge in [-0.15, -0.1) is 0 Å². The molecule has 0 N–H and O–H groups in total. The Morgan fingerprint density at radius 3 is 1.71 bits per heavy atom. The quantitative estimate of drug-likeness (QED) is 0.399. The summed E-state index contributed by atoms with van der Waals surface area (Å²) >= 11 is 0. The Kier molecular flexibility index (Phi) is 2.77. The average Bonchev–Trinajstić information content (AvgIpc) is 2.71. The summed E-state index contributed by atoms with van der Waals surface area (Å²) in [4.78, 5) is 0. The predicted molar refractivity (Wildman–Crippen MR) is 51.9 cm³/mol. The van der Waals surface area contributed by atoms with Crippen LogP contribution in [0.15, 0.2) is 23.8 Å². The van der Waals surface area contributed by atoms with E-state index in [0.717, 1.165) is 0 Å². The van der Waals surface area contributed by atoms with Crippen molar-refractivity contribution in [2.24, 2.45) is 0 Å². The van der Waals surface area contributed by atoms with Gasteiger partial charge in [-0.05, 0) is 6.92 Å². The fraction of sp³-hybridized carbons (Fsp3) is 0.167. The van der Waals surface area contributed by atoms with E-state index in [1.807, 2.05) is 0 Å². The third kappa shape index (κ3) is 1.75. The number of benzene rings is 1. The summed E-state index contributed by atoms with van der Waals surface area (Å²) in [6, 6.07) is 0. The molecule has 90 valence electrons. The average molecular weight is 246 g/mol. The molecule has 0 nitrogen and oxygen atoms in total. The molecule has 1 unspecified atom stereocenters. The SMILES string of the molecule is CC1=CC(c2c(F)c(F)c(F)c(F)c2F)C=C1. The Morgan fingerprint density at radius 1 is 0.824 bits per heavy atom. The van der Waals surface area contributed by atoms with Crippen molar-refractivity contribution in [2.75, 3.05) is 0 Å². The monoisotopic (exact) mass is 246 g/mol. The summed E-state index contributed by atoms with van der Waals surface area (Å²) < 4.78 is 65.5. The van der Waals surface area contributed by atoms with Gasteiger partial charge in [-0.2, -0.15) is 0 Å². The third-order valence-electron chi connectivity index (χ3n) is 2.59. The van der Waals surface area contributed by atoms with E-state index in [0.29, 0.717) is 5.57 Å². The maximum absolute atomic E-state index is 13.4. The van der Waals surface area contributed by atoms with Gasteiger partial charge in [0.05, 0.1) is 0 Å². The van der Waals surface area contributed by atoms with Crippen LogP contribution in [-0.2, 0) is 0 Å². The maximum atomic E-state index is 13.4. The Morgan fingerprint density at radius 2 is 1.29 bits per heavy atom. The lowest BCUT2D eigenvalue weighted by atomic mass is 9.98. The molecule has 0 aromatic heterocycles. The highest BCUT2D eigenvalue weighted by atomic mass is 19.2. The van der Waals surface area contributed by atoms with Crippen LogP contribution in [0.25, 0.3) is 0 Å². The summed E-state index contributed by atoms with van der Waals surface area (Å²) in [5, 5.41) is 0. The number of rotatable bonds is 1. The maximum Gasteiger partial charge on any atom is 0.200 e. The number of hydrogen-bond acceptors (Lipinski definition) is 0. The van der Waals surface area contributed by atoms with Crippen LogP contribution in [-0.4, -0.2) is 0 Å². The molecule has 0 spiro atoms. The lowest BCUT2D eigenvalue weighted by molar-refractivity contribution is 0.370. The van der Waals surface area contributed by atoms with Crippen molar-refractivity contribution in [3.8, 4) is 0 Å². The third-order valence-corrected chi connectivity index (χ3v) is 2.59. The molecule has 0 fully saturated rings. The zero-order valence-electron chi connectivity index (χ0n) is 8.70. The number of allylic oxidation sites excluding steroid dienone is 4. The molecule has 0 radical (unpaired) electrons. The van der Waals surface area contributed by atoms with Crippen molar-refractivity contribution >= 4 is 0 Å². The fourth-order valence-corrected chi connectivity index (χ4v) is 1.74.